The Morgan fingerprint density at radius 3 is 2.53 bits per heavy atom. The number of aromatic nitrogens is 4. The molecule has 1 amide bonds. The van der Waals surface area contributed by atoms with Crippen molar-refractivity contribution in [3.63, 3.8) is 0 Å². The number of rotatable bonds is 5. The lowest BCUT2D eigenvalue weighted by Crippen LogP contribution is -2.40. The van der Waals surface area contributed by atoms with Gasteiger partial charge in [0.05, 0.1) is 35.2 Å². The summed E-state index contributed by atoms with van der Waals surface area (Å²) in [7, 11) is -1.32. The molecule has 5 rings (SSSR count). The summed E-state index contributed by atoms with van der Waals surface area (Å²) in [4.78, 5) is 24.0. The van der Waals surface area contributed by atoms with E-state index in [0.29, 0.717) is 48.2 Å². The Labute approximate surface area is 211 Å². The monoisotopic (exact) mass is 504 g/mol. The highest BCUT2D eigenvalue weighted by atomic mass is 32.2. The van der Waals surface area contributed by atoms with Gasteiger partial charge < -0.3 is 15.4 Å². The number of nitrogens with zero attached hydrogens (tertiary/aromatic N) is 5. The molecular formula is C26H28N6O3S. The Kier molecular flexibility index (Phi) is 6.42. The number of carbonyl (C=O) groups is 1. The zero-order chi connectivity index (χ0) is 25.4. The third-order valence-corrected chi connectivity index (χ3v) is 7.08. The fourth-order valence-corrected chi connectivity index (χ4v) is 4.89. The van der Waals surface area contributed by atoms with Crippen LogP contribution in [0.3, 0.4) is 0 Å². The van der Waals surface area contributed by atoms with Crippen LogP contribution in [0.4, 0.5) is 0 Å². The highest BCUT2D eigenvalue weighted by Crippen LogP contribution is 2.27. The topological polar surface area (TPSA) is 116 Å². The average Bonchev–Trinajstić information content (AvgIpc) is 3.28. The summed E-state index contributed by atoms with van der Waals surface area (Å²) in [6, 6.07) is 13.0. The van der Waals surface area contributed by atoms with E-state index in [2.05, 4.69) is 15.1 Å². The molecule has 4 heterocycles. The first kappa shape index (κ1) is 24.2. The van der Waals surface area contributed by atoms with Crippen molar-refractivity contribution in [2.75, 3.05) is 32.6 Å². The number of benzene rings is 1. The second kappa shape index (κ2) is 9.53. The van der Waals surface area contributed by atoms with Crippen molar-refractivity contribution in [3.8, 4) is 17.1 Å². The summed E-state index contributed by atoms with van der Waals surface area (Å²) in [6.07, 6.45) is 5.06. The molecule has 1 aliphatic heterocycles. The zero-order valence-electron chi connectivity index (χ0n) is 20.5. The lowest BCUT2D eigenvalue weighted by Gasteiger charge is -2.26. The van der Waals surface area contributed by atoms with Gasteiger partial charge in [-0.2, -0.15) is 5.10 Å². The molecule has 186 valence electrons. The second-order valence-corrected chi connectivity index (χ2v) is 10.7. The van der Waals surface area contributed by atoms with Gasteiger partial charge in [0.25, 0.3) is 5.91 Å². The molecule has 2 N–H and O–H groups in total. The van der Waals surface area contributed by atoms with E-state index in [1.54, 1.807) is 40.4 Å². The molecule has 4 aromatic rings. The van der Waals surface area contributed by atoms with Crippen LogP contribution in [0.15, 0.2) is 59.9 Å². The smallest absolute Gasteiger partial charge is 0.254 e. The van der Waals surface area contributed by atoms with Crippen molar-refractivity contribution in [1.82, 2.24) is 24.6 Å². The zero-order valence-corrected chi connectivity index (χ0v) is 21.3. The predicted octanol–water partition coefficient (Wildman–Crippen LogP) is 2.89. The van der Waals surface area contributed by atoms with Gasteiger partial charge in [-0.3, -0.25) is 14.0 Å². The van der Waals surface area contributed by atoms with Crippen LogP contribution in [0, 0.1) is 0 Å². The van der Waals surface area contributed by atoms with E-state index in [4.69, 9.17) is 10.5 Å². The molecule has 0 aliphatic carbocycles. The van der Waals surface area contributed by atoms with Crippen molar-refractivity contribution in [2.24, 2.45) is 5.73 Å². The summed E-state index contributed by atoms with van der Waals surface area (Å²) in [6.45, 7) is 6.07. The first-order chi connectivity index (χ1) is 17.2. The fourth-order valence-electron chi connectivity index (χ4n) is 4.21. The van der Waals surface area contributed by atoms with Crippen LogP contribution in [0.25, 0.3) is 28.0 Å². The summed E-state index contributed by atoms with van der Waals surface area (Å²) >= 11 is 0. The molecule has 36 heavy (non-hydrogen) atoms. The Hall–Kier alpha value is -3.47. The molecule has 3 aromatic heterocycles. The van der Waals surface area contributed by atoms with Crippen LogP contribution < -0.4 is 5.73 Å². The van der Waals surface area contributed by atoms with Crippen LogP contribution in [-0.4, -0.2) is 67.3 Å². The predicted molar refractivity (Wildman–Crippen MR) is 138 cm³/mol. The maximum atomic E-state index is 13.1. The molecule has 1 saturated heterocycles. The second-order valence-electron chi connectivity index (χ2n) is 9.36. The van der Waals surface area contributed by atoms with Crippen molar-refractivity contribution in [2.45, 2.75) is 24.4 Å². The summed E-state index contributed by atoms with van der Waals surface area (Å²) in [5, 5.41) is 5.77. The van der Waals surface area contributed by atoms with Gasteiger partial charge >= 0.3 is 0 Å². The maximum absolute atomic E-state index is 13.1. The Morgan fingerprint density at radius 2 is 1.86 bits per heavy atom. The number of amides is 1. The molecule has 0 saturated carbocycles. The van der Waals surface area contributed by atoms with Gasteiger partial charge in [0.2, 0.25) is 0 Å². The first-order valence-corrected chi connectivity index (χ1v) is 13.2. The minimum atomic E-state index is -1.32. The van der Waals surface area contributed by atoms with E-state index in [9.17, 15) is 9.00 Å². The van der Waals surface area contributed by atoms with Crippen LogP contribution in [0.1, 0.15) is 29.8 Å². The number of nitrogens with two attached hydrogens (primary N) is 1. The number of ether oxygens (including phenoxy) is 1. The first-order valence-electron chi connectivity index (χ1n) is 11.7. The number of hydrogen-bond acceptors (Lipinski definition) is 7. The van der Waals surface area contributed by atoms with Crippen molar-refractivity contribution in [1.29, 1.82) is 0 Å². The molecule has 1 aromatic carbocycles. The van der Waals surface area contributed by atoms with Gasteiger partial charge in [-0.05, 0) is 61.9 Å². The number of fused-ring (bicyclic) bond motifs is 1. The Morgan fingerprint density at radius 1 is 1.08 bits per heavy atom. The van der Waals surface area contributed by atoms with Gasteiger partial charge in [0.1, 0.15) is 0 Å². The van der Waals surface area contributed by atoms with Crippen LogP contribution in [0.2, 0.25) is 0 Å². The van der Waals surface area contributed by atoms with Gasteiger partial charge in [-0.15, -0.1) is 0 Å². The van der Waals surface area contributed by atoms with E-state index in [0.717, 1.165) is 22.2 Å². The molecule has 1 fully saturated rings. The van der Waals surface area contributed by atoms with Crippen LogP contribution >= 0.6 is 0 Å². The minimum absolute atomic E-state index is 0.0655. The van der Waals surface area contributed by atoms with E-state index < -0.39 is 16.3 Å². The molecule has 1 atom stereocenters. The molecule has 1 aliphatic rings. The largest absolute Gasteiger partial charge is 0.378 e. The van der Waals surface area contributed by atoms with Gasteiger partial charge in [-0.1, -0.05) is 0 Å². The number of morpholine rings is 1. The van der Waals surface area contributed by atoms with Crippen LogP contribution in [0.5, 0.6) is 0 Å². The highest BCUT2D eigenvalue weighted by molar-refractivity contribution is 7.84. The van der Waals surface area contributed by atoms with Gasteiger partial charge in [0, 0.05) is 53.8 Å². The minimum Gasteiger partial charge on any atom is -0.378 e. The van der Waals surface area contributed by atoms with E-state index in [1.807, 2.05) is 44.2 Å². The quantitative estimate of drug-likeness (QED) is 0.444. The number of hydrogen-bond donors (Lipinski definition) is 1. The standard InChI is InChI=1S/C26H28N6O3S/c1-26(2,27)19-8-9-28-21(15-19)18-5-7-23(29-16-18)32-22-14-17(25(33)31-10-12-35-13-11-31)4-6-20(22)24(30-32)36(3)34/h4-9,14-16H,10-13,27H2,1-3H3/t36-/m0/s1. The average molecular weight is 505 g/mol. The molecule has 0 unspecified atom stereocenters. The van der Waals surface area contributed by atoms with Crippen molar-refractivity contribution in [3.05, 3.63) is 66.0 Å². The lowest BCUT2D eigenvalue weighted by molar-refractivity contribution is 0.0303. The number of carbonyl (C=O) groups excluding carboxylic acids is 1. The van der Waals surface area contributed by atoms with Gasteiger partial charge in [-0.25, -0.2) is 9.67 Å². The van der Waals surface area contributed by atoms with Crippen molar-refractivity contribution >= 4 is 27.6 Å². The Bertz CT molecular complexity index is 1450. The molecule has 9 nitrogen and oxygen atoms in total. The Balaban J connectivity index is 1.54. The maximum Gasteiger partial charge on any atom is 0.254 e. The summed E-state index contributed by atoms with van der Waals surface area (Å²) in [5.41, 5.74) is 9.56. The molecule has 0 radical (unpaired) electrons. The lowest BCUT2D eigenvalue weighted by atomic mass is 9.95. The van der Waals surface area contributed by atoms with Crippen LogP contribution in [-0.2, 0) is 21.1 Å². The SMILES string of the molecule is C[S@](=O)c1nn(-c2ccc(-c3cc(C(C)(C)N)ccn3)cn2)c2cc(C(=O)N3CCOCC3)ccc12. The van der Waals surface area contributed by atoms with Crippen molar-refractivity contribution < 1.29 is 13.7 Å². The third kappa shape index (κ3) is 4.67. The van der Waals surface area contributed by atoms with E-state index in [1.165, 1.54) is 0 Å². The van der Waals surface area contributed by atoms with Gasteiger partial charge in [0.15, 0.2) is 10.8 Å². The van der Waals surface area contributed by atoms with E-state index >= 15 is 0 Å². The normalized spacial score (nSPS) is 15.3. The van der Waals surface area contributed by atoms with E-state index in [-0.39, 0.29) is 5.91 Å². The molecule has 0 spiro atoms. The molecular weight excluding hydrogens is 476 g/mol. The summed E-state index contributed by atoms with van der Waals surface area (Å²) < 4.78 is 19.4. The summed E-state index contributed by atoms with van der Waals surface area (Å²) in [5.74, 6) is 0.482. The highest BCUT2D eigenvalue weighted by Gasteiger charge is 2.22. The fraction of sp³-hybridized carbons (Fsp3) is 0.308. The molecule has 0 bridgehead atoms. The number of pyridine rings is 2. The third-order valence-electron chi connectivity index (χ3n) is 6.23. The molecule has 10 heteroatoms.